The van der Waals surface area contributed by atoms with Gasteiger partial charge in [-0.25, -0.2) is 0 Å². The van der Waals surface area contributed by atoms with Gasteiger partial charge in [-0.3, -0.25) is 4.90 Å². The molecule has 0 bridgehead atoms. The number of anilines is 2. The Morgan fingerprint density at radius 3 is 2.43 bits per heavy atom. The molecule has 3 nitrogen and oxygen atoms in total. The lowest BCUT2D eigenvalue weighted by Gasteiger charge is -2.47. The average Bonchev–Trinajstić information content (AvgIpc) is 2.51. The molecule has 1 aromatic carbocycles. The molecule has 1 aliphatic carbocycles. The minimum Gasteiger partial charge on any atom is -0.397 e. The number of nitrogen functional groups attached to an aromatic ring is 1. The van der Waals surface area contributed by atoms with Crippen LogP contribution in [0.4, 0.5) is 11.4 Å². The number of rotatable bonds is 3. The van der Waals surface area contributed by atoms with E-state index < -0.39 is 0 Å². The second-order valence-corrected chi connectivity index (χ2v) is 7.05. The molecule has 2 aliphatic rings. The Bertz CT molecular complexity index is 457. The van der Waals surface area contributed by atoms with Gasteiger partial charge in [-0.1, -0.05) is 31.4 Å². The molecule has 0 unspecified atom stereocenters. The second-order valence-electron chi connectivity index (χ2n) is 7.05. The van der Waals surface area contributed by atoms with Gasteiger partial charge in [0.2, 0.25) is 0 Å². The zero-order valence-electron chi connectivity index (χ0n) is 13.3. The number of nitrogens with zero attached hydrogens (tertiary/aromatic N) is 1. The van der Waals surface area contributed by atoms with Crippen molar-refractivity contribution < 1.29 is 0 Å². The fraction of sp³-hybridized carbons (Fsp3) is 0.667. The average molecular weight is 287 g/mol. The molecule has 1 aromatic rings. The van der Waals surface area contributed by atoms with E-state index in [0.29, 0.717) is 11.6 Å². The number of nitrogens with one attached hydrogen (secondary N) is 1. The van der Waals surface area contributed by atoms with Gasteiger partial charge >= 0.3 is 0 Å². The predicted molar refractivity (Wildman–Crippen MR) is 90.6 cm³/mol. The van der Waals surface area contributed by atoms with Gasteiger partial charge in [0, 0.05) is 24.7 Å². The maximum atomic E-state index is 6.03. The molecule has 0 radical (unpaired) electrons. The molecule has 0 amide bonds. The highest BCUT2D eigenvalue weighted by Gasteiger charge is 2.35. The van der Waals surface area contributed by atoms with Crippen LogP contribution in [-0.2, 0) is 0 Å². The molecular formula is C18H29N3. The molecule has 1 heterocycles. The summed E-state index contributed by atoms with van der Waals surface area (Å²) in [5, 5.41) is 3.63. The van der Waals surface area contributed by atoms with Crippen molar-refractivity contribution in [3.8, 4) is 0 Å². The smallest absolute Gasteiger partial charge is 0.0576 e. The molecule has 3 N–H and O–H groups in total. The minimum absolute atomic E-state index is 0.467. The molecule has 1 saturated carbocycles. The van der Waals surface area contributed by atoms with Crippen LogP contribution in [0.25, 0.3) is 0 Å². The quantitative estimate of drug-likeness (QED) is 0.829. The highest BCUT2D eigenvalue weighted by Crippen LogP contribution is 2.35. The predicted octanol–water partition coefficient (Wildman–Crippen LogP) is 3.87. The van der Waals surface area contributed by atoms with Crippen LogP contribution in [0.15, 0.2) is 24.3 Å². The molecule has 116 valence electrons. The van der Waals surface area contributed by atoms with Gasteiger partial charge in [-0.15, -0.1) is 0 Å². The Morgan fingerprint density at radius 2 is 1.76 bits per heavy atom. The number of benzene rings is 1. The van der Waals surface area contributed by atoms with E-state index in [1.54, 1.807) is 0 Å². The van der Waals surface area contributed by atoms with E-state index in [1.165, 1.54) is 58.0 Å². The molecule has 0 atom stereocenters. The van der Waals surface area contributed by atoms with Gasteiger partial charge in [0.25, 0.3) is 0 Å². The molecule has 1 aliphatic heterocycles. The topological polar surface area (TPSA) is 41.3 Å². The molecule has 0 aromatic heterocycles. The third-order valence-electron chi connectivity index (χ3n) is 5.51. The summed E-state index contributed by atoms with van der Waals surface area (Å²) in [6.07, 6.45) is 9.48. The van der Waals surface area contributed by atoms with Crippen molar-refractivity contribution in [2.45, 2.75) is 63.5 Å². The normalized spacial score (nSPS) is 23.9. The minimum atomic E-state index is 0.467. The van der Waals surface area contributed by atoms with E-state index in [-0.39, 0.29) is 0 Å². The highest BCUT2D eigenvalue weighted by molar-refractivity contribution is 5.65. The zero-order chi connectivity index (χ0) is 14.7. The SMILES string of the molecule is CC1(N2CCC(Nc3ccccc3N)CC2)CCCCC1. The van der Waals surface area contributed by atoms with Crippen LogP contribution in [0.3, 0.4) is 0 Å². The third-order valence-corrected chi connectivity index (χ3v) is 5.51. The Morgan fingerprint density at radius 1 is 1.10 bits per heavy atom. The Kier molecular flexibility index (Phi) is 4.39. The summed E-state index contributed by atoms with van der Waals surface area (Å²) >= 11 is 0. The lowest BCUT2D eigenvalue weighted by molar-refractivity contribution is 0.0458. The first-order valence-corrected chi connectivity index (χ1v) is 8.53. The van der Waals surface area contributed by atoms with Gasteiger partial charge in [0.1, 0.15) is 0 Å². The van der Waals surface area contributed by atoms with Gasteiger partial charge in [-0.05, 0) is 44.7 Å². The number of para-hydroxylation sites is 2. The van der Waals surface area contributed by atoms with Crippen LogP contribution in [-0.4, -0.2) is 29.6 Å². The monoisotopic (exact) mass is 287 g/mol. The van der Waals surface area contributed by atoms with Crippen molar-refractivity contribution in [2.75, 3.05) is 24.1 Å². The van der Waals surface area contributed by atoms with E-state index >= 15 is 0 Å². The van der Waals surface area contributed by atoms with Crippen LogP contribution in [0.2, 0.25) is 0 Å². The van der Waals surface area contributed by atoms with E-state index in [9.17, 15) is 0 Å². The summed E-state index contributed by atoms with van der Waals surface area (Å²) in [6.45, 7) is 4.93. The van der Waals surface area contributed by atoms with Gasteiger partial charge < -0.3 is 11.1 Å². The van der Waals surface area contributed by atoms with Crippen LogP contribution >= 0.6 is 0 Å². The van der Waals surface area contributed by atoms with Crippen LogP contribution in [0.5, 0.6) is 0 Å². The molecule has 3 rings (SSSR count). The standard InChI is InChI=1S/C18H29N3/c1-18(11-5-2-6-12-18)21-13-9-15(10-14-21)20-17-8-4-3-7-16(17)19/h3-4,7-8,15,20H,2,5-6,9-14,19H2,1H3. The fourth-order valence-corrected chi connectivity index (χ4v) is 4.04. The van der Waals surface area contributed by atoms with E-state index in [4.69, 9.17) is 5.73 Å². The van der Waals surface area contributed by atoms with Crippen LogP contribution in [0.1, 0.15) is 51.9 Å². The van der Waals surface area contributed by atoms with Crippen molar-refractivity contribution in [1.29, 1.82) is 0 Å². The molecular weight excluding hydrogens is 258 g/mol. The van der Waals surface area contributed by atoms with Crippen molar-refractivity contribution in [3.05, 3.63) is 24.3 Å². The summed E-state index contributed by atoms with van der Waals surface area (Å²) in [5.41, 5.74) is 8.45. The van der Waals surface area contributed by atoms with Crippen molar-refractivity contribution in [2.24, 2.45) is 0 Å². The van der Waals surface area contributed by atoms with Crippen molar-refractivity contribution in [1.82, 2.24) is 4.90 Å². The summed E-state index contributed by atoms with van der Waals surface area (Å²) in [4.78, 5) is 2.75. The third kappa shape index (κ3) is 3.34. The summed E-state index contributed by atoms with van der Waals surface area (Å²) in [6, 6.07) is 8.67. The number of hydrogen-bond acceptors (Lipinski definition) is 3. The number of piperidine rings is 1. The number of nitrogens with two attached hydrogens (primary N) is 1. The Hall–Kier alpha value is -1.22. The number of hydrogen-bond donors (Lipinski definition) is 2. The summed E-state index contributed by atoms with van der Waals surface area (Å²) in [5.74, 6) is 0. The first-order valence-electron chi connectivity index (χ1n) is 8.53. The van der Waals surface area contributed by atoms with Crippen molar-refractivity contribution >= 4 is 11.4 Å². The highest BCUT2D eigenvalue weighted by atomic mass is 15.2. The first-order chi connectivity index (χ1) is 10.2. The molecule has 21 heavy (non-hydrogen) atoms. The van der Waals surface area contributed by atoms with Crippen LogP contribution in [0, 0.1) is 0 Å². The van der Waals surface area contributed by atoms with E-state index in [0.717, 1.165) is 11.4 Å². The summed E-state index contributed by atoms with van der Waals surface area (Å²) in [7, 11) is 0. The molecule has 2 fully saturated rings. The Labute approximate surface area is 128 Å². The molecule has 0 spiro atoms. The second kappa shape index (κ2) is 6.27. The van der Waals surface area contributed by atoms with Gasteiger partial charge in [-0.2, -0.15) is 0 Å². The zero-order valence-corrected chi connectivity index (χ0v) is 13.3. The van der Waals surface area contributed by atoms with Crippen molar-refractivity contribution in [3.63, 3.8) is 0 Å². The maximum Gasteiger partial charge on any atom is 0.0576 e. The van der Waals surface area contributed by atoms with E-state index in [1.807, 2.05) is 12.1 Å². The first kappa shape index (κ1) is 14.7. The molecule has 1 saturated heterocycles. The largest absolute Gasteiger partial charge is 0.397 e. The summed E-state index contributed by atoms with van der Waals surface area (Å²) < 4.78 is 0. The van der Waals surface area contributed by atoms with Gasteiger partial charge in [0.05, 0.1) is 11.4 Å². The lowest BCUT2D eigenvalue weighted by atomic mass is 9.80. The van der Waals surface area contributed by atoms with Gasteiger partial charge in [0.15, 0.2) is 0 Å². The molecule has 3 heteroatoms. The number of likely N-dealkylation sites (tertiary alicyclic amines) is 1. The maximum absolute atomic E-state index is 6.03. The Balaban J connectivity index is 1.54. The lowest BCUT2D eigenvalue weighted by Crippen LogP contribution is -2.52. The fourth-order valence-electron chi connectivity index (χ4n) is 4.04. The van der Waals surface area contributed by atoms with Crippen LogP contribution < -0.4 is 11.1 Å². The van der Waals surface area contributed by atoms with E-state index in [2.05, 4.69) is 29.3 Å².